The molecule has 3 fully saturated rings. The summed E-state index contributed by atoms with van der Waals surface area (Å²) in [5.74, 6) is 3.13. The van der Waals surface area contributed by atoms with Crippen LogP contribution in [0.5, 0.6) is 0 Å². The lowest BCUT2D eigenvalue weighted by molar-refractivity contribution is -0.106. The molecule has 4 heterocycles. The van der Waals surface area contributed by atoms with Crippen LogP contribution < -0.4 is 5.32 Å². The summed E-state index contributed by atoms with van der Waals surface area (Å²) in [6, 6.07) is 6.09. The lowest BCUT2D eigenvalue weighted by atomic mass is 9.93. The van der Waals surface area contributed by atoms with Crippen LogP contribution >= 0.6 is 0 Å². The maximum atomic E-state index is 12.8. The highest BCUT2D eigenvalue weighted by atomic mass is 32.2. The number of nitrogens with zero attached hydrogens (tertiary/aromatic N) is 7. The summed E-state index contributed by atoms with van der Waals surface area (Å²) in [6.45, 7) is 8.83. The summed E-state index contributed by atoms with van der Waals surface area (Å²) in [7, 11) is -3.15. The summed E-state index contributed by atoms with van der Waals surface area (Å²) in [4.78, 5) is 19.7. The molecule has 11 nitrogen and oxygen atoms in total. The van der Waals surface area contributed by atoms with Gasteiger partial charge in [-0.05, 0) is 76.3 Å². The Morgan fingerprint density at radius 2 is 1.88 bits per heavy atom. The Bertz CT molecular complexity index is 1540. The highest BCUT2D eigenvalue weighted by molar-refractivity contribution is 7.90. The third-order valence-corrected chi connectivity index (χ3v) is 10.6. The zero-order valence-electron chi connectivity index (χ0n) is 25.1. The molecule has 1 aliphatic heterocycles. The van der Waals surface area contributed by atoms with Crippen molar-refractivity contribution in [3.05, 3.63) is 54.0 Å². The first-order chi connectivity index (χ1) is 20.8. The summed E-state index contributed by atoms with van der Waals surface area (Å²) in [5, 5.41) is 11.9. The Morgan fingerprint density at radius 1 is 1.07 bits per heavy atom. The summed E-state index contributed by atoms with van der Waals surface area (Å²) < 4.78 is 30.6. The molecule has 2 saturated carbocycles. The first-order valence-corrected chi connectivity index (χ1v) is 16.7. The fourth-order valence-electron chi connectivity index (χ4n) is 5.45. The summed E-state index contributed by atoms with van der Waals surface area (Å²) in [6.07, 6.45) is 15.5. The van der Waals surface area contributed by atoms with Gasteiger partial charge in [-0.25, -0.2) is 27.4 Å². The van der Waals surface area contributed by atoms with Crippen LogP contribution in [0.25, 0.3) is 12.0 Å². The Hall–Kier alpha value is -3.64. The second kappa shape index (κ2) is 13.8. The predicted molar refractivity (Wildman–Crippen MR) is 170 cm³/mol. The first-order valence-electron chi connectivity index (χ1n) is 15.2. The van der Waals surface area contributed by atoms with E-state index in [-0.39, 0.29) is 17.7 Å². The molecule has 1 unspecified atom stereocenters. The molecular weight excluding hydrogens is 564 g/mol. The van der Waals surface area contributed by atoms with E-state index < -0.39 is 10.0 Å². The van der Waals surface area contributed by atoms with Gasteiger partial charge in [0.2, 0.25) is 10.0 Å². The van der Waals surface area contributed by atoms with Crippen molar-refractivity contribution in [2.45, 2.75) is 82.3 Å². The van der Waals surface area contributed by atoms with E-state index in [1.165, 1.54) is 18.4 Å². The third kappa shape index (κ3) is 7.48. The van der Waals surface area contributed by atoms with E-state index in [0.29, 0.717) is 19.0 Å². The van der Waals surface area contributed by atoms with Crippen LogP contribution in [-0.4, -0.2) is 74.7 Å². The zero-order chi connectivity index (χ0) is 30.4. The maximum absolute atomic E-state index is 12.8. The average molecular weight is 607 g/mol. The Kier molecular flexibility index (Phi) is 9.86. The van der Waals surface area contributed by atoms with E-state index in [1.54, 1.807) is 32.3 Å². The number of anilines is 1. The monoisotopic (exact) mass is 606 g/mol. The van der Waals surface area contributed by atoms with Crippen LogP contribution in [0.1, 0.15) is 86.9 Å². The topological polar surface area (TPSA) is 127 Å². The number of hydrogen-bond donors (Lipinski definition) is 1. The largest absolute Gasteiger partial charge is 0.363 e. The van der Waals surface area contributed by atoms with Crippen molar-refractivity contribution in [2.24, 2.45) is 4.99 Å². The second-order valence-electron chi connectivity index (χ2n) is 11.4. The second-order valence-corrected chi connectivity index (χ2v) is 13.6. The number of sulfonamides is 1. The molecule has 6 rings (SSSR count). The smallest absolute Gasteiger partial charge is 0.216 e. The molecular formula is C31H42N8O3S. The van der Waals surface area contributed by atoms with Crippen LogP contribution in [0.3, 0.4) is 0 Å². The number of aryl methyl sites for hydroxylation is 1. The summed E-state index contributed by atoms with van der Waals surface area (Å²) >= 11 is 0. The number of aromatic nitrogens is 5. The molecule has 2 aliphatic carbocycles. The van der Waals surface area contributed by atoms with Crippen LogP contribution in [0.15, 0.2) is 42.2 Å². The van der Waals surface area contributed by atoms with Gasteiger partial charge in [-0.15, -0.1) is 0 Å². The minimum Gasteiger partial charge on any atom is -0.363 e. The van der Waals surface area contributed by atoms with Gasteiger partial charge in [-0.2, -0.15) is 14.9 Å². The lowest BCUT2D eigenvalue weighted by Crippen LogP contribution is -2.37. The molecule has 3 aromatic rings. The molecule has 1 N–H and O–H groups in total. The van der Waals surface area contributed by atoms with Gasteiger partial charge in [0.1, 0.15) is 12.1 Å². The van der Waals surface area contributed by atoms with Crippen LogP contribution in [0.4, 0.5) is 11.6 Å². The van der Waals surface area contributed by atoms with Gasteiger partial charge in [0.05, 0.1) is 23.7 Å². The fourth-order valence-corrected chi connectivity index (χ4v) is 7.34. The molecule has 3 aromatic heterocycles. The number of rotatable bonds is 10. The van der Waals surface area contributed by atoms with Gasteiger partial charge in [0.15, 0.2) is 11.6 Å². The van der Waals surface area contributed by atoms with Crippen molar-refractivity contribution in [2.75, 3.05) is 25.0 Å². The van der Waals surface area contributed by atoms with Gasteiger partial charge < -0.3 is 10.1 Å². The Balaban J connectivity index is 0.000000283. The quantitative estimate of drug-likeness (QED) is 0.248. The lowest BCUT2D eigenvalue weighted by Gasteiger charge is -2.27. The number of aldehydes is 1. The molecule has 1 saturated heterocycles. The molecule has 0 amide bonds. The number of carbonyl (C=O) groups is 1. The normalized spacial score (nSPS) is 19.7. The first kappa shape index (κ1) is 30.8. The molecule has 43 heavy (non-hydrogen) atoms. The van der Waals surface area contributed by atoms with E-state index >= 15 is 0 Å². The molecule has 0 bridgehead atoms. The van der Waals surface area contributed by atoms with Gasteiger partial charge in [0.25, 0.3) is 0 Å². The number of hydrogen-bond acceptors (Lipinski definition) is 8. The van der Waals surface area contributed by atoms with E-state index in [0.717, 1.165) is 73.5 Å². The predicted octanol–water partition coefficient (Wildman–Crippen LogP) is 5.22. The molecule has 0 spiro atoms. The number of aliphatic imine (C=N–C) groups is 1. The van der Waals surface area contributed by atoms with Crippen molar-refractivity contribution in [1.82, 2.24) is 28.9 Å². The zero-order valence-corrected chi connectivity index (χ0v) is 25.9. The standard InChI is InChI=1S/C23H31N5O3S.C8H11N3/c29-14-11-24-23-15-21(26-28(23)22-9-6-19(16-25-22)17-4-5-17)18-3-1-2-12-27(13-10-18)32(30,31)20-7-8-20;1-4-9-8-7(3)6-10-11(8)5-2/h6,9,14-18,20,24H,1-5,7-8,10-13H2;4-6H,2H2,1,3H3/b;9-4-. The molecule has 0 radical (unpaired) electrons. The van der Waals surface area contributed by atoms with Crippen molar-refractivity contribution >= 4 is 40.4 Å². The van der Waals surface area contributed by atoms with Crippen molar-refractivity contribution < 1.29 is 13.2 Å². The number of pyridine rings is 1. The third-order valence-electron chi connectivity index (χ3n) is 8.16. The molecule has 3 aliphatic rings. The van der Waals surface area contributed by atoms with E-state index in [4.69, 9.17) is 5.10 Å². The minimum absolute atomic E-state index is 0.164. The van der Waals surface area contributed by atoms with Crippen LogP contribution in [0, 0.1) is 6.92 Å². The van der Waals surface area contributed by atoms with Crippen molar-refractivity contribution in [1.29, 1.82) is 0 Å². The average Bonchev–Trinajstić information content (AvgIpc) is 3.93. The highest BCUT2D eigenvalue weighted by Crippen LogP contribution is 2.40. The van der Waals surface area contributed by atoms with Crippen LogP contribution in [0.2, 0.25) is 0 Å². The van der Waals surface area contributed by atoms with E-state index in [9.17, 15) is 13.2 Å². The minimum atomic E-state index is -3.15. The number of carbonyl (C=O) groups excluding carboxylic acids is 1. The molecule has 230 valence electrons. The van der Waals surface area contributed by atoms with Gasteiger partial charge in [0, 0.05) is 49.2 Å². The molecule has 12 heteroatoms. The fraction of sp³-hybridized carbons (Fsp3) is 0.516. The highest BCUT2D eigenvalue weighted by Gasteiger charge is 2.40. The Morgan fingerprint density at radius 3 is 2.53 bits per heavy atom. The van der Waals surface area contributed by atoms with E-state index in [1.807, 2.05) is 32.2 Å². The molecule has 1 atom stereocenters. The SMILES string of the molecule is C=Cn1ncc(C)c1/N=C\C.O=CCNc1cc(C2CCCCN(S(=O)(=O)C3CC3)CC2)nn1-c1ccc(C2CC2)cn1. The Labute approximate surface area is 254 Å². The van der Waals surface area contributed by atoms with E-state index in [2.05, 4.69) is 33.0 Å². The maximum Gasteiger partial charge on any atom is 0.216 e. The number of nitrogens with one attached hydrogen (secondary N) is 1. The van der Waals surface area contributed by atoms with Crippen molar-refractivity contribution in [3.63, 3.8) is 0 Å². The summed E-state index contributed by atoms with van der Waals surface area (Å²) in [5.41, 5.74) is 3.25. The van der Waals surface area contributed by atoms with Gasteiger partial charge in [-0.3, -0.25) is 0 Å². The molecule has 0 aromatic carbocycles. The van der Waals surface area contributed by atoms with Gasteiger partial charge in [-0.1, -0.05) is 19.1 Å². The van der Waals surface area contributed by atoms with Crippen molar-refractivity contribution in [3.8, 4) is 5.82 Å². The van der Waals surface area contributed by atoms with Gasteiger partial charge >= 0.3 is 0 Å². The van der Waals surface area contributed by atoms with Crippen LogP contribution in [-0.2, 0) is 14.8 Å².